The molecular weight excluding hydrogens is 409 g/mol. The van der Waals surface area contributed by atoms with Crippen molar-refractivity contribution in [1.82, 2.24) is 14.5 Å². The highest BCUT2D eigenvalue weighted by Gasteiger charge is 2.56. The van der Waals surface area contributed by atoms with Crippen molar-refractivity contribution in [3.8, 4) is 0 Å². The topological polar surface area (TPSA) is 154 Å². The van der Waals surface area contributed by atoms with Crippen molar-refractivity contribution in [3.63, 3.8) is 0 Å². The Hall–Kier alpha value is -3.51. The van der Waals surface area contributed by atoms with Crippen molar-refractivity contribution in [1.29, 1.82) is 0 Å². The Bertz CT molecular complexity index is 985. The molecule has 2 rings (SSSR count). The zero-order valence-corrected chi connectivity index (χ0v) is 16.5. The van der Waals surface area contributed by atoms with E-state index >= 15 is 0 Å². The van der Waals surface area contributed by atoms with Gasteiger partial charge in [-0.25, -0.2) is 4.79 Å². The molecular formula is C17H20FN3O9. The first kappa shape index (κ1) is 22.8. The second kappa shape index (κ2) is 8.88. The fourth-order valence-electron chi connectivity index (χ4n) is 3.31. The second-order valence-corrected chi connectivity index (χ2v) is 6.50. The third-order valence-corrected chi connectivity index (χ3v) is 4.27. The van der Waals surface area contributed by atoms with E-state index in [1.165, 1.54) is 0 Å². The van der Waals surface area contributed by atoms with Crippen LogP contribution in [-0.2, 0) is 33.4 Å². The van der Waals surface area contributed by atoms with Crippen LogP contribution in [0.5, 0.6) is 0 Å². The zero-order valence-electron chi connectivity index (χ0n) is 16.5. The predicted molar refractivity (Wildman–Crippen MR) is 94.4 cm³/mol. The van der Waals surface area contributed by atoms with Crippen LogP contribution in [0.3, 0.4) is 0 Å². The van der Waals surface area contributed by atoms with Gasteiger partial charge in [0.1, 0.15) is 12.6 Å². The second-order valence-electron chi connectivity index (χ2n) is 6.50. The number of amides is 1. The van der Waals surface area contributed by atoms with Crippen molar-refractivity contribution in [2.45, 2.75) is 52.1 Å². The van der Waals surface area contributed by atoms with Crippen molar-refractivity contribution in [3.05, 3.63) is 32.9 Å². The third kappa shape index (κ3) is 4.72. The highest BCUT2D eigenvalue weighted by atomic mass is 19.1. The fraction of sp³-hybridized carbons (Fsp3) is 0.529. The lowest BCUT2D eigenvalue weighted by Gasteiger charge is -2.30. The standard InChI is InChI=1S/C17H20FN3O9/c1-7(22)21-12(6-28-8(2)23)13(29-9(3)24)14(30-10(4)25)16(21)20-5-11(18)15(26)19-17(20)27/h5,12-14,16H,6H2,1-4H3,(H,19,26,27)/t12-,13-,14-,16-/m1/s1. The van der Waals surface area contributed by atoms with Crippen LogP contribution in [0.25, 0.3) is 0 Å². The normalized spacial score (nSPS) is 23.0. The maximum Gasteiger partial charge on any atom is 0.330 e. The zero-order chi connectivity index (χ0) is 22.7. The van der Waals surface area contributed by atoms with Crippen molar-refractivity contribution >= 4 is 23.8 Å². The van der Waals surface area contributed by atoms with E-state index in [1.54, 1.807) is 4.98 Å². The number of halogens is 1. The average molecular weight is 429 g/mol. The molecule has 1 N–H and O–H groups in total. The number of hydrogen-bond acceptors (Lipinski definition) is 9. The molecule has 4 atom stereocenters. The molecule has 1 fully saturated rings. The van der Waals surface area contributed by atoms with Gasteiger partial charge in [0.05, 0.1) is 6.20 Å². The van der Waals surface area contributed by atoms with Crippen LogP contribution in [0.1, 0.15) is 33.9 Å². The lowest BCUT2D eigenvalue weighted by atomic mass is 10.1. The van der Waals surface area contributed by atoms with Crippen LogP contribution < -0.4 is 11.2 Å². The molecule has 0 unspecified atom stereocenters. The summed E-state index contributed by atoms with van der Waals surface area (Å²) in [7, 11) is 0. The van der Waals surface area contributed by atoms with E-state index in [0.29, 0.717) is 10.8 Å². The molecule has 1 aromatic heterocycles. The number of ether oxygens (including phenoxy) is 3. The van der Waals surface area contributed by atoms with E-state index in [1.807, 2.05) is 0 Å². The Morgan fingerprint density at radius 1 is 1.00 bits per heavy atom. The summed E-state index contributed by atoms with van der Waals surface area (Å²) in [6.45, 7) is 3.83. The molecule has 1 aliphatic rings. The van der Waals surface area contributed by atoms with E-state index in [9.17, 15) is 33.2 Å². The highest BCUT2D eigenvalue weighted by molar-refractivity contribution is 5.75. The van der Waals surface area contributed by atoms with Gasteiger partial charge >= 0.3 is 23.6 Å². The number of nitrogens with one attached hydrogen (secondary N) is 1. The fourth-order valence-corrected chi connectivity index (χ4v) is 3.31. The Labute approximate surface area is 168 Å². The molecule has 0 radical (unpaired) electrons. The summed E-state index contributed by atoms with van der Waals surface area (Å²) in [6.07, 6.45) is -3.80. The molecule has 13 heteroatoms. The summed E-state index contributed by atoms with van der Waals surface area (Å²) in [5.41, 5.74) is -2.40. The molecule has 0 spiro atoms. The van der Waals surface area contributed by atoms with Crippen molar-refractivity contribution < 1.29 is 37.8 Å². The Morgan fingerprint density at radius 3 is 2.07 bits per heavy atom. The number of aromatic nitrogens is 2. The van der Waals surface area contributed by atoms with Crippen LogP contribution in [0.4, 0.5) is 4.39 Å². The molecule has 1 saturated heterocycles. The van der Waals surface area contributed by atoms with Gasteiger partial charge < -0.3 is 19.1 Å². The van der Waals surface area contributed by atoms with Gasteiger partial charge in [-0.2, -0.15) is 4.39 Å². The molecule has 1 aliphatic heterocycles. The van der Waals surface area contributed by atoms with E-state index in [4.69, 9.17) is 14.2 Å². The number of nitrogens with zero attached hydrogens (tertiary/aromatic N) is 2. The van der Waals surface area contributed by atoms with E-state index in [2.05, 4.69) is 0 Å². The SMILES string of the molecule is CC(=O)OC[C@@H]1[C@@H](OC(C)=O)[C@@H](OC(C)=O)[C@H](n2cc(F)c(=O)[nH]c2=O)N1C(C)=O. The summed E-state index contributed by atoms with van der Waals surface area (Å²) in [5.74, 6) is -4.40. The number of esters is 3. The Morgan fingerprint density at radius 2 is 1.57 bits per heavy atom. The number of hydrogen-bond donors (Lipinski definition) is 1. The summed E-state index contributed by atoms with van der Waals surface area (Å²) in [4.78, 5) is 73.5. The minimum absolute atomic E-state index is 0.471. The van der Waals surface area contributed by atoms with Gasteiger partial charge in [0.2, 0.25) is 11.7 Å². The lowest BCUT2D eigenvalue weighted by Crippen LogP contribution is -2.47. The van der Waals surface area contributed by atoms with Gasteiger partial charge in [0, 0.05) is 27.7 Å². The minimum atomic E-state index is -1.50. The molecule has 0 bridgehead atoms. The number of carbonyl (C=O) groups is 4. The van der Waals surface area contributed by atoms with Crippen molar-refractivity contribution in [2.24, 2.45) is 0 Å². The molecule has 0 saturated carbocycles. The van der Waals surface area contributed by atoms with Crippen LogP contribution >= 0.6 is 0 Å². The van der Waals surface area contributed by atoms with Gasteiger partial charge in [-0.3, -0.25) is 33.5 Å². The van der Waals surface area contributed by atoms with Crippen molar-refractivity contribution in [2.75, 3.05) is 6.61 Å². The number of likely N-dealkylation sites (tertiary alicyclic amines) is 1. The van der Waals surface area contributed by atoms with Crippen LogP contribution in [0.2, 0.25) is 0 Å². The summed E-state index contributed by atoms with van der Waals surface area (Å²) in [6, 6.07) is -1.17. The minimum Gasteiger partial charge on any atom is -0.464 e. The van der Waals surface area contributed by atoms with Crippen LogP contribution in [-0.4, -0.2) is 63.1 Å². The maximum atomic E-state index is 13.9. The first-order chi connectivity index (χ1) is 13.9. The third-order valence-electron chi connectivity index (χ3n) is 4.27. The van der Waals surface area contributed by atoms with Gasteiger partial charge in [-0.15, -0.1) is 0 Å². The molecule has 30 heavy (non-hydrogen) atoms. The summed E-state index contributed by atoms with van der Waals surface area (Å²) in [5, 5.41) is 0. The van der Waals surface area contributed by atoms with Gasteiger partial charge in [0.15, 0.2) is 18.4 Å². The molecule has 0 aliphatic carbocycles. The first-order valence-corrected chi connectivity index (χ1v) is 8.71. The average Bonchev–Trinajstić information content (AvgIpc) is 2.88. The number of aromatic amines is 1. The molecule has 164 valence electrons. The van der Waals surface area contributed by atoms with Gasteiger partial charge in [-0.1, -0.05) is 0 Å². The predicted octanol–water partition coefficient (Wildman–Crippen LogP) is -1.17. The summed E-state index contributed by atoms with van der Waals surface area (Å²) < 4.78 is 29.9. The number of H-pyrrole nitrogens is 1. The number of rotatable bonds is 5. The van der Waals surface area contributed by atoms with Gasteiger partial charge in [-0.05, 0) is 0 Å². The first-order valence-electron chi connectivity index (χ1n) is 8.71. The summed E-state index contributed by atoms with van der Waals surface area (Å²) >= 11 is 0. The van der Waals surface area contributed by atoms with E-state index < -0.39 is 71.9 Å². The molecule has 2 heterocycles. The Balaban J connectivity index is 2.71. The quantitative estimate of drug-likeness (QED) is 0.450. The smallest absolute Gasteiger partial charge is 0.330 e. The lowest BCUT2D eigenvalue weighted by molar-refractivity contribution is -0.166. The maximum absolute atomic E-state index is 13.9. The molecule has 0 aromatic carbocycles. The van der Waals surface area contributed by atoms with Gasteiger partial charge in [0.25, 0.3) is 5.56 Å². The van der Waals surface area contributed by atoms with E-state index in [-0.39, 0.29) is 0 Å². The van der Waals surface area contributed by atoms with Crippen LogP contribution in [0, 0.1) is 5.82 Å². The Kier molecular flexibility index (Phi) is 6.74. The van der Waals surface area contributed by atoms with Crippen LogP contribution in [0.15, 0.2) is 15.8 Å². The molecule has 1 amide bonds. The monoisotopic (exact) mass is 429 g/mol. The largest absolute Gasteiger partial charge is 0.464 e. The molecule has 1 aromatic rings. The van der Waals surface area contributed by atoms with E-state index in [0.717, 1.165) is 32.6 Å². The molecule has 12 nitrogen and oxygen atoms in total. The highest BCUT2D eigenvalue weighted by Crippen LogP contribution is 2.36. The number of carbonyl (C=O) groups excluding carboxylic acids is 4.